The number of anilines is 1. The molecule has 6 nitrogen and oxygen atoms in total. The molecular weight excluding hydrogens is 356 g/mol. The number of carbonyl (C=O) groups excluding carboxylic acids is 1. The van der Waals surface area contributed by atoms with Gasteiger partial charge in [0.2, 0.25) is 11.7 Å². The number of ether oxygens (including phenoxy) is 3. The molecule has 0 saturated carbocycles. The molecule has 0 saturated heterocycles. The lowest BCUT2D eigenvalue weighted by atomic mass is 9.97. The van der Waals surface area contributed by atoms with E-state index in [1.807, 2.05) is 18.2 Å². The molecule has 1 aromatic heterocycles. The quantitative estimate of drug-likeness (QED) is 0.751. The molecule has 2 heterocycles. The van der Waals surface area contributed by atoms with Gasteiger partial charge in [0.1, 0.15) is 12.4 Å². The van der Waals surface area contributed by atoms with Crippen molar-refractivity contribution >= 4 is 11.7 Å². The molecule has 0 aliphatic carbocycles. The molecule has 1 aliphatic rings. The fourth-order valence-electron chi connectivity index (χ4n) is 3.56. The van der Waals surface area contributed by atoms with Gasteiger partial charge in [-0.05, 0) is 42.0 Å². The number of amides is 1. The maximum absolute atomic E-state index is 11.4. The maximum Gasteiger partial charge on any atom is 0.222 e. The second-order valence-electron chi connectivity index (χ2n) is 7.72. The van der Waals surface area contributed by atoms with Crippen LogP contribution >= 0.6 is 0 Å². The number of fused-ring (bicyclic) bond motifs is 3. The van der Waals surface area contributed by atoms with E-state index in [9.17, 15) is 4.79 Å². The third-order valence-corrected chi connectivity index (χ3v) is 4.63. The van der Waals surface area contributed by atoms with Crippen LogP contribution in [0.25, 0.3) is 11.1 Å². The van der Waals surface area contributed by atoms with Gasteiger partial charge >= 0.3 is 0 Å². The van der Waals surface area contributed by atoms with Gasteiger partial charge < -0.3 is 19.5 Å². The van der Waals surface area contributed by atoms with Crippen molar-refractivity contribution in [2.24, 2.45) is 11.8 Å². The molecule has 0 spiro atoms. The van der Waals surface area contributed by atoms with Crippen molar-refractivity contribution in [3.8, 4) is 28.4 Å². The van der Waals surface area contributed by atoms with Crippen molar-refractivity contribution in [2.45, 2.75) is 40.7 Å². The third-order valence-electron chi connectivity index (χ3n) is 4.63. The van der Waals surface area contributed by atoms with Crippen molar-refractivity contribution in [3.05, 3.63) is 30.0 Å². The van der Waals surface area contributed by atoms with E-state index in [2.05, 4.69) is 31.1 Å². The lowest BCUT2D eigenvalue weighted by Crippen LogP contribution is -2.13. The number of hydrogen-bond donors (Lipinski definition) is 1. The van der Waals surface area contributed by atoms with E-state index >= 15 is 0 Å². The van der Waals surface area contributed by atoms with Crippen LogP contribution in [0.3, 0.4) is 0 Å². The number of hydrogen-bond acceptors (Lipinski definition) is 5. The molecule has 1 aromatic carbocycles. The fraction of sp³-hybridized carbons (Fsp3) is 0.455. The number of nitrogens with zero attached hydrogens (tertiary/aromatic N) is 1. The molecule has 0 unspecified atom stereocenters. The van der Waals surface area contributed by atoms with Gasteiger partial charge in [0.25, 0.3) is 0 Å². The molecule has 0 fully saturated rings. The predicted octanol–water partition coefficient (Wildman–Crippen LogP) is 4.67. The number of pyridine rings is 1. The SMILES string of the molecule is COc1c(OC[C@H](C)CC(C)C)ccc2c1OCc1cnc(NC(C)=O)cc1-2. The van der Waals surface area contributed by atoms with Crippen molar-refractivity contribution in [2.75, 3.05) is 19.0 Å². The van der Waals surface area contributed by atoms with Crippen LogP contribution in [0, 0.1) is 11.8 Å². The van der Waals surface area contributed by atoms with Crippen LogP contribution in [0.2, 0.25) is 0 Å². The van der Waals surface area contributed by atoms with E-state index in [1.54, 1.807) is 13.3 Å². The first kappa shape index (κ1) is 20.0. The highest BCUT2D eigenvalue weighted by Gasteiger charge is 2.25. The van der Waals surface area contributed by atoms with Crippen LogP contribution in [-0.2, 0) is 11.4 Å². The van der Waals surface area contributed by atoms with Crippen LogP contribution in [0.15, 0.2) is 24.4 Å². The van der Waals surface area contributed by atoms with E-state index in [0.717, 1.165) is 23.1 Å². The Hall–Kier alpha value is -2.76. The second-order valence-corrected chi connectivity index (χ2v) is 7.72. The summed E-state index contributed by atoms with van der Waals surface area (Å²) in [4.78, 5) is 15.6. The Bertz CT molecular complexity index is 864. The first-order chi connectivity index (χ1) is 13.4. The summed E-state index contributed by atoms with van der Waals surface area (Å²) in [5.41, 5.74) is 2.83. The molecule has 2 aromatic rings. The largest absolute Gasteiger partial charge is 0.490 e. The summed E-state index contributed by atoms with van der Waals surface area (Å²) in [6.07, 6.45) is 2.84. The zero-order valence-electron chi connectivity index (χ0n) is 17.2. The summed E-state index contributed by atoms with van der Waals surface area (Å²) in [5, 5.41) is 2.73. The minimum atomic E-state index is -0.156. The predicted molar refractivity (Wildman–Crippen MR) is 109 cm³/mol. The Balaban J connectivity index is 1.90. The Kier molecular flexibility index (Phi) is 6.07. The molecule has 1 amide bonds. The molecule has 150 valence electrons. The summed E-state index contributed by atoms with van der Waals surface area (Å²) in [5.74, 6) is 3.37. The molecule has 1 atom stereocenters. The van der Waals surface area contributed by atoms with Crippen molar-refractivity contribution in [3.63, 3.8) is 0 Å². The Labute approximate surface area is 166 Å². The van der Waals surface area contributed by atoms with E-state index in [0.29, 0.717) is 48.1 Å². The highest BCUT2D eigenvalue weighted by atomic mass is 16.5. The first-order valence-electron chi connectivity index (χ1n) is 9.62. The summed E-state index contributed by atoms with van der Waals surface area (Å²) in [6, 6.07) is 5.75. The van der Waals surface area contributed by atoms with Gasteiger partial charge in [0.05, 0.1) is 13.7 Å². The van der Waals surface area contributed by atoms with Gasteiger partial charge in [-0.25, -0.2) is 4.98 Å². The number of rotatable bonds is 7. The minimum absolute atomic E-state index is 0.156. The monoisotopic (exact) mass is 384 g/mol. The normalized spacial score (nSPS) is 13.2. The zero-order valence-corrected chi connectivity index (χ0v) is 17.2. The zero-order chi connectivity index (χ0) is 20.3. The average molecular weight is 384 g/mol. The molecule has 0 bridgehead atoms. The van der Waals surface area contributed by atoms with E-state index < -0.39 is 0 Å². The van der Waals surface area contributed by atoms with E-state index in [4.69, 9.17) is 14.2 Å². The summed E-state index contributed by atoms with van der Waals surface area (Å²) >= 11 is 0. The molecule has 6 heteroatoms. The van der Waals surface area contributed by atoms with Gasteiger partial charge in [-0.3, -0.25) is 4.79 Å². The smallest absolute Gasteiger partial charge is 0.222 e. The maximum atomic E-state index is 11.4. The average Bonchev–Trinajstić information content (AvgIpc) is 2.64. The minimum Gasteiger partial charge on any atom is -0.490 e. The van der Waals surface area contributed by atoms with Crippen LogP contribution in [0.4, 0.5) is 5.82 Å². The Morgan fingerprint density at radius 2 is 2.07 bits per heavy atom. The van der Waals surface area contributed by atoms with Gasteiger partial charge in [-0.2, -0.15) is 0 Å². The molecule has 1 N–H and O–H groups in total. The summed E-state index contributed by atoms with van der Waals surface area (Å²) in [6.45, 7) is 9.09. The number of nitrogens with one attached hydrogen (secondary N) is 1. The van der Waals surface area contributed by atoms with E-state index in [1.165, 1.54) is 6.92 Å². The number of methoxy groups -OCH3 is 1. The molecule has 1 aliphatic heterocycles. The van der Waals surface area contributed by atoms with E-state index in [-0.39, 0.29) is 5.91 Å². The summed E-state index contributed by atoms with van der Waals surface area (Å²) in [7, 11) is 1.62. The molecule has 0 radical (unpaired) electrons. The number of benzene rings is 1. The topological polar surface area (TPSA) is 69.7 Å². The highest BCUT2D eigenvalue weighted by molar-refractivity contribution is 5.89. The number of carbonyl (C=O) groups is 1. The van der Waals surface area contributed by atoms with Crippen LogP contribution < -0.4 is 19.5 Å². The Morgan fingerprint density at radius 3 is 2.75 bits per heavy atom. The second kappa shape index (κ2) is 8.50. The van der Waals surface area contributed by atoms with Gasteiger partial charge in [0.15, 0.2) is 11.5 Å². The van der Waals surface area contributed by atoms with Gasteiger partial charge in [0, 0.05) is 24.2 Å². The van der Waals surface area contributed by atoms with Crippen LogP contribution in [-0.4, -0.2) is 24.6 Å². The molecular formula is C22H28N2O4. The first-order valence-corrected chi connectivity index (χ1v) is 9.62. The standard InChI is InChI=1S/C22H28N2O4/c1-13(2)8-14(3)11-27-19-7-6-17-18-9-20(24-15(4)25)23-10-16(18)12-28-21(17)22(19)26-5/h6-7,9-10,13-14H,8,11-12H2,1-5H3,(H,23,24,25)/t14-/m1/s1. The molecule has 3 rings (SSSR count). The third kappa shape index (κ3) is 4.38. The fourth-order valence-corrected chi connectivity index (χ4v) is 3.56. The van der Waals surface area contributed by atoms with Crippen LogP contribution in [0.5, 0.6) is 17.2 Å². The van der Waals surface area contributed by atoms with Crippen LogP contribution in [0.1, 0.15) is 39.7 Å². The van der Waals surface area contributed by atoms with Crippen molar-refractivity contribution in [1.82, 2.24) is 4.98 Å². The lowest BCUT2D eigenvalue weighted by Gasteiger charge is -2.24. The molecule has 28 heavy (non-hydrogen) atoms. The Morgan fingerprint density at radius 1 is 1.29 bits per heavy atom. The number of aromatic nitrogens is 1. The van der Waals surface area contributed by atoms with Crippen molar-refractivity contribution < 1.29 is 19.0 Å². The highest BCUT2D eigenvalue weighted by Crippen LogP contribution is 2.48. The summed E-state index contributed by atoms with van der Waals surface area (Å²) < 4.78 is 17.7. The lowest BCUT2D eigenvalue weighted by molar-refractivity contribution is -0.114. The van der Waals surface area contributed by atoms with Crippen molar-refractivity contribution in [1.29, 1.82) is 0 Å². The van der Waals surface area contributed by atoms with Gasteiger partial charge in [-0.1, -0.05) is 20.8 Å². The van der Waals surface area contributed by atoms with Gasteiger partial charge in [-0.15, -0.1) is 0 Å².